The lowest BCUT2D eigenvalue weighted by Crippen LogP contribution is -2.56. The number of nitrogens with zero attached hydrogens (tertiary/aromatic N) is 1. The molecule has 0 spiro atoms. The van der Waals surface area contributed by atoms with Gasteiger partial charge in [-0.15, -0.1) is 0 Å². The Bertz CT molecular complexity index is 422. The van der Waals surface area contributed by atoms with Crippen LogP contribution >= 0.6 is 0 Å². The number of furan rings is 1. The molecule has 5 nitrogen and oxygen atoms in total. The van der Waals surface area contributed by atoms with Crippen molar-refractivity contribution in [1.29, 1.82) is 0 Å². The quantitative estimate of drug-likeness (QED) is 0.804. The molecule has 2 rings (SSSR count). The summed E-state index contributed by atoms with van der Waals surface area (Å²) in [5, 5.41) is 12.1. The van der Waals surface area contributed by atoms with Gasteiger partial charge in [-0.25, -0.2) is 4.79 Å². The number of hydrogen-bond donors (Lipinski definition) is 2. The summed E-state index contributed by atoms with van der Waals surface area (Å²) in [6.07, 6.45) is 4.99. The van der Waals surface area contributed by atoms with Gasteiger partial charge in [-0.1, -0.05) is 0 Å². The summed E-state index contributed by atoms with van der Waals surface area (Å²) in [6.45, 7) is 1.48. The highest BCUT2D eigenvalue weighted by molar-refractivity contribution is 5.87. The molecule has 5 heteroatoms. The number of carboxylic acids is 1. The maximum atomic E-state index is 10.7. The molecule has 1 saturated carbocycles. The van der Waals surface area contributed by atoms with Gasteiger partial charge in [0.1, 0.15) is 12.0 Å². The van der Waals surface area contributed by atoms with Crippen LogP contribution in [0.1, 0.15) is 35.4 Å². The average molecular weight is 252 g/mol. The second-order valence-electron chi connectivity index (χ2n) is 5.18. The van der Waals surface area contributed by atoms with E-state index in [1.807, 2.05) is 0 Å². The average Bonchev–Trinajstić information content (AvgIpc) is 2.70. The molecule has 1 aliphatic carbocycles. The maximum Gasteiger partial charge on any atom is 0.338 e. The fourth-order valence-corrected chi connectivity index (χ4v) is 2.37. The molecular weight excluding hydrogens is 232 g/mol. The first kappa shape index (κ1) is 13.1. The van der Waals surface area contributed by atoms with Crippen molar-refractivity contribution in [3.8, 4) is 0 Å². The van der Waals surface area contributed by atoms with Crippen molar-refractivity contribution in [3.05, 3.63) is 23.7 Å². The van der Waals surface area contributed by atoms with E-state index in [1.165, 1.54) is 25.5 Å². The summed E-state index contributed by atoms with van der Waals surface area (Å²) < 4.78 is 5.20. The first-order valence-electron chi connectivity index (χ1n) is 6.22. The number of hydrogen-bond acceptors (Lipinski definition) is 4. The van der Waals surface area contributed by atoms with Gasteiger partial charge < -0.3 is 19.7 Å². The molecule has 18 heavy (non-hydrogen) atoms. The number of aromatic carboxylic acids is 1. The maximum absolute atomic E-state index is 10.7. The zero-order valence-electron chi connectivity index (χ0n) is 10.9. The lowest BCUT2D eigenvalue weighted by atomic mass is 9.75. The van der Waals surface area contributed by atoms with E-state index in [2.05, 4.69) is 24.3 Å². The molecule has 2 N–H and O–H groups in total. The van der Waals surface area contributed by atoms with Crippen LogP contribution < -0.4 is 5.32 Å². The second-order valence-corrected chi connectivity index (χ2v) is 5.18. The molecule has 0 saturated heterocycles. The lowest BCUT2D eigenvalue weighted by Gasteiger charge is -2.47. The van der Waals surface area contributed by atoms with Gasteiger partial charge in [0.2, 0.25) is 0 Å². The van der Waals surface area contributed by atoms with Crippen molar-refractivity contribution in [1.82, 2.24) is 10.2 Å². The van der Waals surface area contributed by atoms with Crippen molar-refractivity contribution in [3.63, 3.8) is 0 Å². The Morgan fingerprint density at radius 3 is 2.72 bits per heavy atom. The Kier molecular flexibility index (Phi) is 3.73. The van der Waals surface area contributed by atoms with Crippen LogP contribution in [-0.4, -0.2) is 42.2 Å². The third-order valence-corrected chi connectivity index (χ3v) is 3.89. The first-order valence-corrected chi connectivity index (χ1v) is 6.22. The molecule has 1 aliphatic rings. The number of rotatable bonds is 6. The van der Waals surface area contributed by atoms with Gasteiger partial charge in [-0.3, -0.25) is 0 Å². The summed E-state index contributed by atoms with van der Waals surface area (Å²) in [5.74, 6) is -0.283. The smallest absolute Gasteiger partial charge is 0.338 e. The van der Waals surface area contributed by atoms with Crippen LogP contribution in [0, 0.1) is 0 Å². The van der Waals surface area contributed by atoms with Crippen LogP contribution in [0.4, 0.5) is 0 Å². The monoisotopic (exact) mass is 252 g/mol. The van der Waals surface area contributed by atoms with E-state index in [1.54, 1.807) is 6.07 Å². The van der Waals surface area contributed by atoms with Gasteiger partial charge in [0.15, 0.2) is 0 Å². The zero-order chi connectivity index (χ0) is 13.2. The van der Waals surface area contributed by atoms with Crippen LogP contribution in [0.3, 0.4) is 0 Å². The molecule has 1 heterocycles. The van der Waals surface area contributed by atoms with Gasteiger partial charge in [-0.05, 0) is 39.4 Å². The lowest BCUT2D eigenvalue weighted by molar-refractivity contribution is 0.0593. The van der Waals surface area contributed by atoms with E-state index in [0.29, 0.717) is 12.3 Å². The molecule has 0 radical (unpaired) electrons. The molecule has 1 aromatic rings. The van der Waals surface area contributed by atoms with Gasteiger partial charge in [0, 0.05) is 12.1 Å². The Labute approximate surface area is 107 Å². The Morgan fingerprint density at radius 1 is 1.56 bits per heavy atom. The fraction of sp³-hybridized carbons (Fsp3) is 0.615. The predicted molar refractivity (Wildman–Crippen MR) is 67.6 cm³/mol. The number of carbonyl (C=O) groups is 1. The standard InChI is InChI=1S/C13H20N2O3/c1-15(2)13(4-3-5-13)9-14-7-11-6-10(8-18-11)12(16)17/h6,8,14H,3-5,7,9H2,1-2H3,(H,16,17). The molecule has 0 bridgehead atoms. The van der Waals surface area contributed by atoms with E-state index in [0.717, 1.165) is 6.54 Å². The van der Waals surface area contributed by atoms with Gasteiger partial charge in [-0.2, -0.15) is 0 Å². The van der Waals surface area contributed by atoms with Gasteiger partial charge in [0.05, 0.1) is 12.1 Å². The molecular formula is C13H20N2O3. The van der Waals surface area contributed by atoms with E-state index >= 15 is 0 Å². The molecule has 0 amide bonds. The third kappa shape index (κ3) is 2.57. The first-order chi connectivity index (χ1) is 8.53. The van der Waals surface area contributed by atoms with Gasteiger partial charge >= 0.3 is 5.97 Å². The van der Waals surface area contributed by atoms with E-state index in [-0.39, 0.29) is 11.1 Å². The van der Waals surface area contributed by atoms with Crippen LogP contribution in [0.15, 0.2) is 16.7 Å². The van der Waals surface area contributed by atoms with E-state index in [4.69, 9.17) is 9.52 Å². The van der Waals surface area contributed by atoms with Gasteiger partial charge in [0.25, 0.3) is 0 Å². The third-order valence-electron chi connectivity index (χ3n) is 3.89. The topological polar surface area (TPSA) is 65.7 Å². The van der Waals surface area contributed by atoms with Crippen LogP contribution in [0.5, 0.6) is 0 Å². The molecule has 0 aliphatic heterocycles. The van der Waals surface area contributed by atoms with Crippen molar-refractivity contribution < 1.29 is 14.3 Å². The van der Waals surface area contributed by atoms with Crippen molar-refractivity contribution in [2.75, 3.05) is 20.6 Å². The molecule has 100 valence electrons. The number of likely N-dealkylation sites (N-methyl/N-ethyl adjacent to an activating group) is 1. The molecule has 1 aromatic heterocycles. The Morgan fingerprint density at radius 2 is 2.28 bits per heavy atom. The fourth-order valence-electron chi connectivity index (χ4n) is 2.37. The minimum absolute atomic E-state index is 0.206. The zero-order valence-corrected chi connectivity index (χ0v) is 10.9. The van der Waals surface area contributed by atoms with Crippen LogP contribution in [0.25, 0.3) is 0 Å². The van der Waals surface area contributed by atoms with Crippen molar-refractivity contribution in [2.24, 2.45) is 0 Å². The largest absolute Gasteiger partial charge is 0.478 e. The minimum atomic E-state index is -0.950. The number of nitrogens with one attached hydrogen (secondary N) is 1. The predicted octanol–water partition coefficient (Wildman–Crippen LogP) is 1.55. The highest BCUT2D eigenvalue weighted by atomic mass is 16.4. The van der Waals surface area contributed by atoms with Crippen LogP contribution in [-0.2, 0) is 6.54 Å². The summed E-state index contributed by atoms with van der Waals surface area (Å²) in [5.41, 5.74) is 0.472. The summed E-state index contributed by atoms with van der Waals surface area (Å²) in [7, 11) is 4.21. The number of carboxylic acid groups (broad SMARTS) is 1. The minimum Gasteiger partial charge on any atom is -0.478 e. The highest BCUT2D eigenvalue weighted by Crippen LogP contribution is 2.35. The van der Waals surface area contributed by atoms with Crippen molar-refractivity contribution >= 4 is 5.97 Å². The summed E-state index contributed by atoms with van der Waals surface area (Å²) in [6, 6.07) is 1.57. The molecule has 0 unspecified atom stereocenters. The highest BCUT2D eigenvalue weighted by Gasteiger charge is 2.38. The normalized spacial score (nSPS) is 17.7. The molecule has 0 aromatic carbocycles. The van der Waals surface area contributed by atoms with Crippen molar-refractivity contribution in [2.45, 2.75) is 31.3 Å². The Balaban J connectivity index is 1.82. The second kappa shape index (κ2) is 5.12. The summed E-state index contributed by atoms with van der Waals surface area (Å²) >= 11 is 0. The molecule has 0 atom stereocenters. The Hall–Kier alpha value is -1.33. The van der Waals surface area contributed by atoms with Crippen LogP contribution in [0.2, 0.25) is 0 Å². The van der Waals surface area contributed by atoms with E-state index in [9.17, 15) is 4.79 Å². The molecule has 1 fully saturated rings. The summed E-state index contributed by atoms with van der Waals surface area (Å²) in [4.78, 5) is 13.0. The SMILES string of the molecule is CN(C)C1(CNCc2cc(C(=O)O)co2)CCC1. The van der Waals surface area contributed by atoms with E-state index < -0.39 is 5.97 Å².